The minimum absolute atomic E-state index is 0.0319. The highest BCUT2D eigenvalue weighted by Gasteiger charge is 2.47. The molecule has 45 heavy (non-hydrogen) atoms. The zero-order valence-electron chi connectivity index (χ0n) is 25.0. The second-order valence-corrected chi connectivity index (χ2v) is 12.8. The van der Waals surface area contributed by atoms with Gasteiger partial charge in [-0.1, -0.05) is 30.7 Å². The Bertz CT molecular complexity index is 1970. The van der Waals surface area contributed by atoms with Crippen LogP contribution in [0, 0.1) is 0 Å². The highest BCUT2D eigenvalue weighted by Crippen LogP contribution is 2.50. The zero-order valence-corrected chi connectivity index (χ0v) is 26.6. The Balaban J connectivity index is 1.22. The molecular weight excluding hydrogens is 610 g/mol. The van der Waals surface area contributed by atoms with Gasteiger partial charge in [-0.2, -0.15) is 4.98 Å². The van der Waals surface area contributed by atoms with Crippen molar-refractivity contribution in [2.24, 2.45) is 0 Å². The number of nitrogens with one attached hydrogen (secondary N) is 1. The van der Waals surface area contributed by atoms with Gasteiger partial charge in [0.25, 0.3) is 11.8 Å². The van der Waals surface area contributed by atoms with Crippen LogP contribution in [0.15, 0.2) is 60.1 Å². The first-order chi connectivity index (χ1) is 21.8. The second kappa shape index (κ2) is 11.4. The van der Waals surface area contributed by atoms with Crippen LogP contribution in [-0.4, -0.2) is 69.3 Å². The van der Waals surface area contributed by atoms with Crippen LogP contribution in [0.3, 0.4) is 0 Å². The molecule has 10 nitrogen and oxygen atoms in total. The number of halogens is 1. The average Bonchev–Trinajstić information content (AvgIpc) is 3.50. The number of thiazole rings is 1. The molecule has 4 heterocycles. The molecule has 1 fully saturated rings. The summed E-state index contributed by atoms with van der Waals surface area (Å²) in [6, 6.07) is 17.3. The molecule has 12 heteroatoms. The number of anilines is 2. The highest BCUT2D eigenvalue weighted by molar-refractivity contribution is 7.16. The van der Waals surface area contributed by atoms with Crippen molar-refractivity contribution in [2.45, 2.75) is 31.2 Å². The van der Waals surface area contributed by atoms with Crippen molar-refractivity contribution >= 4 is 56.6 Å². The molecule has 2 aliphatic rings. The molecular formula is C33H30ClN7O3S. The number of carbonyl (C=O) groups is 2. The molecule has 0 bridgehead atoms. The van der Waals surface area contributed by atoms with E-state index in [1.807, 2.05) is 47.4 Å². The van der Waals surface area contributed by atoms with E-state index >= 15 is 0 Å². The van der Waals surface area contributed by atoms with E-state index < -0.39 is 0 Å². The van der Waals surface area contributed by atoms with Gasteiger partial charge < -0.3 is 19.9 Å². The maximum atomic E-state index is 13.9. The summed E-state index contributed by atoms with van der Waals surface area (Å²) in [6.07, 6.45) is 3.10. The number of aromatic nitrogens is 4. The molecule has 228 valence electrons. The Labute approximate surface area is 269 Å². The fourth-order valence-corrected chi connectivity index (χ4v) is 7.21. The molecule has 0 radical (unpaired) electrons. The first-order valence-electron chi connectivity index (χ1n) is 14.6. The standard InChI is InChI=1S/C33H30ClN7O3S/c1-40(2)31(43)25-10-4-7-20(36-25)16-41-17-33(13-6-14-33)23-15-19(11-12-22(23)30(41)42)21-8-5-9-24(27(21)44-3)37-28-26-29(45-18-35-26)39-32(34)38-28/h4-5,7-12,15,18H,6,13-14,16-17H2,1-3H3,(H,37,38,39). The minimum atomic E-state index is -0.165. The first-order valence-corrected chi connectivity index (χ1v) is 15.8. The SMILES string of the molecule is COc1c(Nc2nc(Cl)nc3scnc23)cccc1-c1ccc2c(c1)C1(CCC1)CN(Cc1cccc(C(=O)N(C)C)n1)C2=O. The van der Waals surface area contributed by atoms with Crippen LogP contribution in [-0.2, 0) is 12.0 Å². The number of rotatable bonds is 7. The van der Waals surface area contributed by atoms with Gasteiger partial charge in [0.1, 0.15) is 17.0 Å². The van der Waals surface area contributed by atoms with Crippen LogP contribution >= 0.6 is 22.9 Å². The molecule has 1 aliphatic carbocycles. The van der Waals surface area contributed by atoms with Gasteiger partial charge in [0.15, 0.2) is 10.6 Å². The summed E-state index contributed by atoms with van der Waals surface area (Å²) in [5.41, 5.74) is 7.60. The van der Waals surface area contributed by atoms with Crippen molar-refractivity contribution in [1.82, 2.24) is 29.7 Å². The number of carbonyl (C=O) groups excluding carboxylic acids is 2. The van der Waals surface area contributed by atoms with Crippen LogP contribution in [0.4, 0.5) is 11.5 Å². The minimum Gasteiger partial charge on any atom is -0.494 e. The van der Waals surface area contributed by atoms with Gasteiger partial charge in [0.05, 0.1) is 30.5 Å². The molecule has 0 atom stereocenters. The van der Waals surface area contributed by atoms with Gasteiger partial charge in [-0.3, -0.25) is 9.59 Å². The van der Waals surface area contributed by atoms with Gasteiger partial charge in [0, 0.05) is 37.2 Å². The summed E-state index contributed by atoms with van der Waals surface area (Å²) in [4.78, 5) is 48.1. The highest BCUT2D eigenvalue weighted by atomic mass is 35.5. The average molecular weight is 640 g/mol. The van der Waals surface area contributed by atoms with Crippen molar-refractivity contribution in [3.8, 4) is 16.9 Å². The Hall–Kier alpha value is -4.61. The number of para-hydroxylation sites is 1. The van der Waals surface area contributed by atoms with Gasteiger partial charge >= 0.3 is 0 Å². The number of benzene rings is 2. The number of ether oxygens (including phenoxy) is 1. The molecule has 0 unspecified atom stereocenters. The van der Waals surface area contributed by atoms with E-state index in [4.69, 9.17) is 16.3 Å². The molecule has 2 aromatic carbocycles. The third-order valence-electron chi connectivity index (χ3n) is 8.65. The molecule has 7 rings (SSSR count). The summed E-state index contributed by atoms with van der Waals surface area (Å²) in [6.45, 7) is 0.948. The second-order valence-electron chi connectivity index (χ2n) is 11.6. The van der Waals surface area contributed by atoms with Crippen LogP contribution < -0.4 is 10.1 Å². The molecule has 0 saturated heterocycles. The summed E-state index contributed by atoms with van der Waals surface area (Å²) in [7, 11) is 5.04. The number of fused-ring (bicyclic) bond motifs is 3. The predicted molar refractivity (Wildman–Crippen MR) is 174 cm³/mol. The topological polar surface area (TPSA) is 113 Å². The molecule has 5 aromatic rings. The van der Waals surface area contributed by atoms with Crippen LogP contribution in [0.5, 0.6) is 5.75 Å². The van der Waals surface area contributed by atoms with Crippen LogP contribution in [0.1, 0.15) is 51.4 Å². The lowest BCUT2D eigenvalue weighted by atomic mass is 9.61. The van der Waals surface area contributed by atoms with Crippen molar-refractivity contribution in [2.75, 3.05) is 33.1 Å². The Morgan fingerprint density at radius 3 is 2.67 bits per heavy atom. The molecule has 1 aliphatic heterocycles. The maximum absolute atomic E-state index is 13.9. The molecule has 1 N–H and O–H groups in total. The molecule has 1 saturated carbocycles. The van der Waals surface area contributed by atoms with Gasteiger partial charge in [-0.05, 0) is 65.9 Å². The monoisotopic (exact) mass is 639 g/mol. The number of nitrogens with zero attached hydrogens (tertiary/aromatic N) is 6. The summed E-state index contributed by atoms with van der Waals surface area (Å²) < 4.78 is 5.94. The quantitative estimate of drug-likeness (QED) is 0.206. The fourth-order valence-electron chi connectivity index (χ4n) is 6.33. The number of hydrogen-bond donors (Lipinski definition) is 1. The van der Waals surface area contributed by atoms with Gasteiger partial charge in [-0.15, -0.1) is 11.3 Å². The van der Waals surface area contributed by atoms with E-state index in [9.17, 15) is 9.59 Å². The third kappa shape index (κ3) is 5.15. The van der Waals surface area contributed by atoms with Crippen molar-refractivity contribution in [3.05, 3.63) is 87.9 Å². The van der Waals surface area contributed by atoms with Crippen LogP contribution in [0.25, 0.3) is 21.5 Å². The number of methoxy groups -OCH3 is 1. The van der Waals surface area contributed by atoms with E-state index in [2.05, 4.69) is 31.3 Å². The van der Waals surface area contributed by atoms with E-state index in [1.165, 1.54) is 16.2 Å². The third-order valence-corrected chi connectivity index (χ3v) is 9.54. The first kappa shape index (κ1) is 29.1. The summed E-state index contributed by atoms with van der Waals surface area (Å²) >= 11 is 7.59. The predicted octanol–water partition coefficient (Wildman–Crippen LogP) is 6.33. The number of pyridine rings is 1. The van der Waals surface area contributed by atoms with Crippen molar-refractivity contribution in [3.63, 3.8) is 0 Å². The fraction of sp³-hybridized carbons (Fsp3) is 0.273. The van der Waals surface area contributed by atoms with Crippen LogP contribution in [0.2, 0.25) is 5.28 Å². The number of amides is 2. The van der Waals surface area contributed by atoms with Crippen molar-refractivity contribution < 1.29 is 14.3 Å². The number of hydrogen-bond acceptors (Lipinski definition) is 9. The van der Waals surface area contributed by atoms with Gasteiger partial charge in [-0.25, -0.2) is 15.0 Å². The lowest BCUT2D eigenvalue weighted by Gasteiger charge is -2.49. The Morgan fingerprint density at radius 2 is 1.91 bits per heavy atom. The maximum Gasteiger partial charge on any atom is 0.271 e. The molecule has 3 aromatic heterocycles. The largest absolute Gasteiger partial charge is 0.494 e. The Kier molecular flexibility index (Phi) is 7.37. The zero-order chi connectivity index (χ0) is 31.3. The Morgan fingerprint density at radius 1 is 1.09 bits per heavy atom. The van der Waals surface area contributed by atoms with E-state index in [0.717, 1.165) is 36.0 Å². The van der Waals surface area contributed by atoms with E-state index in [1.54, 1.807) is 32.8 Å². The summed E-state index contributed by atoms with van der Waals surface area (Å²) in [5.74, 6) is 0.940. The van der Waals surface area contributed by atoms with Gasteiger partial charge in [0.2, 0.25) is 5.28 Å². The summed E-state index contributed by atoms with van der Waals surface area (Å²) in [5, 5.41) is 3.48. The normalized spacial score (nSPS) is 15.1. The lowest BCUT2D eigenvalue weighted by molar-refractivity contribution is 0.0567. The molecule has 2 amide bonds. The lowest BCUT2D eigenvalue weighted by Crippen LogP contribution is -2.52. The molecule has 1 spiro atoms. The smallest absolute Gasteiger partial charge is 0.271 e. The van der Waals surface area contributed by atoms with Crippen molar-refractivity contribution in [1.29, 1.82) is 0 Å². The van der Waals surface area contributed by atoms with E-state index in [0.29, 0.717) is 57.6 Å². The van der Waals surface area contributed by atoms with E-state index in [-0.39, 0.29) is 22.5 Å².